The first-order valence-corrected chi connectivity index (χ1v) is 6.65. The SMILES string of the molecule is NCCCCCCc1cc(Cl)c(Br)cc1F. The number of hydrogen-bond acceptors (Lipinski definition) is 1. The van der Waals surface area contributed by atoms with Gasteiger partial charge in [-0.3, -0.25) is 0 Å². The average molecular weight is 309 g/mol. The van der Waals surface area contributed by atoms with Gasteiger partial charge in [0.25, 0.3) is 0 Å². The Hall–Kier alpha value is -0.120. The molecule has 0 saturated heterocycles. The fraction of sp³-hybridized carbons (Fsp3) is 0.500. The van der Waals surface area contributed by atoms with Gasteiger partial charge in [0.05, 0.1) is 5.02 Å². The molecule has 90 valence electrons. The highest BCUT2D eigenvalue weighted by molar-refractivity contribution is 9.10. The molecule has 16 heavy (non-hydrogen) atoms. The number of rotatable bonds is 6. The fourth-order valence-electron chi connectivity index (χ4n) is 1.57. The summed E-state index contributed by atoms with van der Waals surface area (Å²) >= 11 is 9.11. The molecule has 1 aromatic carbocycles. The van der Waals surface area contributed by atoms with E-state index < -0.39 is 0 Å². The number of nitrogens with two attached hydrogens (primary N) is 1. The van der Waals surface area contributed by atoms with Crippen molar-refractivity contribution in [1.82, 2.24) is 0 Å². The monoisotopic (exact) mass is 307 g/mol. The van der Waals surface area contributed by atoms with Gasteiger partial charge in [-0.25, -0.2) is 4.39 Å². The van der Waals surface area contributed by atoms with E-state index in [0.29, 0.717) is 15.1 Å². The van der Waals surface area contributed by atoms with Crippen LogP contribution in [0.15, 0.2) is 16.6 Å². The second-order valence-corrected chi connectivity index (χ2v) is 5.07. The van der Waals surface area contributed by atoms with Crippen molar-refractivity contribution in [2.24, 2.45) is 5.73 Å². The Morgan fingerprint density at radius 1 is 1.19 bits per heavy atom. The molecule has 0 aliphatic heterocycles. The van der Waals surface area contributed by atoms with Crippen molar-refractivity contribution >= 4 is 27.5 Å². The lowest BCUT2D eigenvalue weighted by Gasteiger charge is -2.05. The van der Waals surface area contributed by atoms with Crippen LogP contribution in [0.4, 0.5) is 4.39 Å². The molecular weight excluding hydrogens is 292 g/mol. The average Bonchev–Trinajstić information content (AvgIpc) is 2.25. The summed E-state index contributed by atoms with van der Waals surface area (Å²) in [5, 5.41) is 0.568. The highest BCUT2D eigenvalue weighted by atomic mass is 79.9. The Morgan fingerprint density at radius 3 is 2.56 bits per heavy atom. The second kappa shape index (κ2) is 7.25. The van der Waals surface area contributed by atoms with Crippen LogP contribution < -0.4 is 5.73 Å². The third-order valence-corrected chi connectivity index (χ3v) is 3.69. The first kappa shape index (κ1) is 13.9. The van der Waals surface area contributed by atoms with Gasteiger partial charge in [0.2, 0.25) is 0 Å². The number of halogens is 3. The predicted octanol–water partition coefficient (Wildman–Crippen LogP) is 4.30. The summed E-state index contributed by atoms with van der Waals surface area (Å²) in [6.07, 6.45) is 4.97. The van der Waals surface area contributed by atoms with E-state index in [9.17, 15) is 4.39 Å². The fourth-order valence-corrected chi connectivity index (χ4v) is 2.07. The summed E-state index contributed by atoms with van der Waals surface area (Å²) in [4.78, 5) is 0. The normalized spacial score (nSPS) is 10.8. The molecule has 0 unspecified atom stereocenters. The molecular formula is C12H16BrClFN. The van der Waals surface area contributed by atoms with Crippen molar-refractivity contribution in [3.05, 3.63) is 33.0 Å². The van der Waals surface area contributed by atoms with Gasteiger partial charge < -0.3 is 5.73 Å². The molecule has 0 radical (unpaired) electrons. The Bertz CT molecular complexity index is 344. The number of hydrogen-bond donors (Lipinski definition) is 1. The zero-order valence-electron chi connectivity index (χ0n) is 9.11. The molecule has 1 rings (SSSR count). The quantitative estimate of drug-likeness (QED) is 0.615. The van der Waals surface area contributed by atoms with Crippen LogP contribution in [0.5, 0.6) is 0 Å². The van der Waals surface area contributed by atoms with E-state index in [1.54, 1.807) is 6.07 Å². The van der Waals surface area contributed by atoms with Gasteiger partial charge in [-0.15, -0.1) is 0 Å². The summed E-state index contributed by atoms with van der Waals surface area (Å²) in [6.45, 7) is 0.735. The summed E-state index contributed by atoms with van der Waals surface area (Å²) < 4.78 is 14.1. The summed E-state index contributed by atoms with van der Waals surface area (Å²) in [7, 11) is 0. The van der Waals surface area contributed by atoms with Gasteiger partial charge in [0.15, 0.2) is 0 Å². The lowest BCUT2D eigenvalue weighted by Crippen LogP contribution is -1.98. The molecule has 0 bridgehead atoms. The van der Waals surface area contributed by atoms with Crippen LogP contribution in [-0.2, 0) is 6.42 Å². The van der Waals surface area contributed by atoms with E-state index in [0.717, 1.165) is 38.6 Å². The van der Waals surface area contributed by atoms with Crippen LogP contribution in [0.1, 0.15) is 31.2 Å². The topological polar surface area (TPSA) is 26.0 Å². The first-order chi connectivity index (χ1) is 7.65. The molecule has 0 fully saturated rings. The minimum atomic E-state index is -0.185. The minimum absolute atomic E-state index is 0.185. The Morgan fingerprint density at radius 2 is 1.88 bits per heavy atom. The highest BCUT2D eigenvalue weighted by Crippen LogP contribution is 2.26. The van der Waals surface area contributed by atoms with Gasteiger partial charge in [-0.1, -0.05) is 24.4 Å². The largest absolute Gasteiger partial charge is 0.330 e. The summed E-state index contributed by atoms with van der Waals surface area (Å²) in [6, 6.07) is 3.13. The highest BCUT2D eigenvalue weighted by Gasteiger charge is 2.06. The molecule has 0 atom stereocenters. The molecule has 4 heteroatoms. The van der Waals surface area contributed by atoms with E-state index in [4.69, 9.17) is 17.3 Å². The maximum atomic E-state index is 13.5. The first-order valence-electron chi connectivity index (χ1n) is 5.48. The molecule has 1 aromatic rings. The summed E-state index contributed by atoms with van der Waals surface area (Å²) in [5.41, 5.74) is 6.10. The van der Waals surface area contributed by atoms with Crippen molar-refractivity contribution < 1.29 is 4.39 Å². The maximum absolute atomic E-state index is 13.5. The van der Waals surface area contributed by atoms with Gasteiger partial charge >= 0.3 is 0 Å². The van der Waals surface area contributed by atoms with Crippen LogP contribution in [0.2, 0.25) is 5.02 Å². The van der Waals surface area contributed by atoms with E-state index in [-0.39, 0.29) is 5.82 Å². The third-order valence-electron chi connectivity index (χ3n) is 2.49. The smallest absolute Gasteiger partial charge is 0.127 e. The van der Waals surface area contributed by atoms with Crippen LogP contribution in [-0.4, -0.2) is 6.54 Å². The molecule has 0 heterocycles. The number of unbranched alkanes of at least 4 members (excludes halogenated alkanes) is 3. The van der Waals surface area contributed by atoms with Crippen LogP contribution in [0, 0.1) is 5.82 Å². The lowest BCUT2D eigenvalue weighted by molar-refractivity contribution is 0.590. The Labute approximate surface area is 109 Å². The Balaban J connectivity index is 2.45. The van der Waals surface area contributed by atoms with Crippen molar-refractivity contribution in [3.8, 4) is 0 Å². The molecule has 0 aliphatic carbocycles. The summed E-state index contributed by atoms with van der Waals surface area (Å²) in [5.74, 6) is -0.185. The van der Waals surface area contributed by atoms with E-state index >= 15 is 0 Å². The van der Waals surface area contributed by atoms with E-state index in [2.05, 4.69) is 15.9 Å². The van der Waals surface area contributed by atoms with Crippen molar-refractivity contribution in [1.29, 1.82) is 0 Å². The van der Waals surface area contributed by atoms with Gasteiger partial charge in [0.1, 0.15) is 5.82 Å². The predicted molar refractivity (Wildman–Crippen MR) is 70.3 cm³/mol. The molecule has 0 saturated carbocycles. The third kappa shape index (κ3) is 4.40. The van der Waals surface area contributed by atoms with Gasteiger partial charge in [0, 0.05) is 4.47 Å². The zero-order valence-corrected chi connectivity index (χ0v) is 11.5. The van der Waals surface area contributed by atoms with Crippen molar-refractivity contribution in [2.45, 2.75) is 32.1 Å². The van der Waals surface area contributed by atoms with Gasteiger partial charge in [-0.05, 0) is 59.4 Å². The van der Waals surface area contributed by atoms with Crippen LogP contribution in [0.25, 0.3) is 0 Å². The van der Waals surface area contributed by atoms with Crippen molar-refractivity contribution in [2.75, 3.05) is 6.54 Å². The zero-order chi connectivity index (χ0) is 12.0. The molecule has 1 nitrogen and oxygen atoms in total. The molecule has 2 N–H and O–H groups in total. The number of aryl methyl sites for hydroxylation is 1. The second-order valence-electron chi connectivity index (χ2n) is 3.81. The maximum Gasteiger partial charge on any atom is 0.127 e. The van der Waals surface area contributed by atoms with Crippen LogP contribution in [0.3, 0.4) is 0 Å². The number of benzene rings is 1. The molecule has 0 amide bonds. The minimum Gasteiger partial charge on any atom is -0.330 e. The lowest BCUT2D eigenvalue weighted by atomic mass is 10.1. The molecule has 0 spiro atoms. The molecule has 0 aliphatic rings. The standard InChI is InChI=1S/C12H16BrClFN/c13-10-8-12(15)9(7-11(10)14)5-3-1-2-4-6-16/h7-8H,1-6,16H2. The molecule has 0 aromatic heterocycles. The van der Waals surface area contributed by atoms with Gasteiger partial charge in [-0.2, -0.15) is 0 Å². The van der Waals surface area contributed by atoms with E-state index in [1.807, 2.05) is 0 Å². The Kier molecular flexibility index (Phi) is 6.32. The van der Waals surface area contributed by atoms with Crippen LogP contribution >= 0.6 is 27.5 Å². The van der Waals surface area contributed by atoms with Crippen molar-refractivity contribution in [3.63, 3.8) is 0 Å². The van der Waals surface area contributed by atoms with E-state index in [1.165, 1.54) is 6.07 Å².